The molecule has 42 heavy (non-hydrogen) atoms. The highest BCUT2D eigenvalue weighted by atomic mass is 19.3. The first-order valence-corrected chi connectivity index (χ1v) is 14.8. The maximum atomic E-state index is 15.3. The van der Waals surface area contributed by atoms with Gasteiger partial charge in [0.1, 0.15) is 35.3 Å². The summed E-state index contributed by atoms with van der Waals surface area (Å²) in [5, 5.41) is 0. The first-order valence-electron chi connectivity index (χ1n) is 14.8. The molecule has 2 nitrogen and oxygen atoms in total. The first kappa shape index (κ1) is 31.1. The Balaban J connectivity index is 1.29. The second-order valence-electron chi connectivity index (χ2n) is 12.2. The molecular formula is C32H36F8O2. The minimum atomic E-state index is -4.37. The summed E-state index contributed by atoms with van der Waals surface area (Å²) in [7, 11) is 0. The molecule has 0 spiro atoms. The highest BCUT2D eigenvalue weighted by molar-refractivity contribution is 5.77. The van der Waals surface area contributed by atoms with E-state index in [-0.39, 0.29) is 23.5 Å². The minimum Gasteiger partial charge on any atom is -0.432 e. The number of halogens is 8. The molecule has 3 aliphatic carbocycles. The predicted molar refractivity (Wildman–Crippen MR) is 143 cm³/mol. The molecule has 0 aromatic heterocycles. The molecule has 2 aliphatic heterocycles. The minimum absolute atomic E-state index is 0.125. The quantitative estimate of drug-likeness (QED) is 0.275. The van der Waals surface area contributed by atoms with Gasteiger partial charge in [-0.15, -0.1) is 0 Å². The Labute approximate surface area is 240 Å². The predicted octanol–water partition coefficient (Wildman–Crippen LogP) is 9.42. The van der Waals surface area contributed by atoms with Crippen molar-refractivity contribution >= 4 is 5.57 Å². The van der Waals surface area contributed by atoms with Gasteiger partial charge in [-0.1, -0.05) is 26.7 Å². The second kappa shape index (κ2) is 12.3. The topological polar surface area (TPSA) is 18.5 Å². The Morgan fingerprint density at radius 1 is 0.952 bits per heavy atom. The molecule has 1 saturated carbocycles. The fourth-order valence-electron chi connectivity index (χ4n) is 7.28. The van der Waals surface area contributed by atoms with Gasteiger partial charge < -0.3 is 9.47 Å². The van der Waals surface area contributed by atoms with Crippen LogP contribution in [0.1, 0.15) is 57.9 Å². The lowest BCUT2D eigenvalue weighted by Gasteiger charge is -2.49. The average Bonchev–Trinajstić information content (AvgIpc) is 2.87. The molecule has 0 N–H and O–H groups in total. The van der Waals surface area contributed by atoms with Gasteiger partial charge >= 0.3 is 6.11 Å². The Morgan fingerprint density at radius 2 is 1.67 bits per heavy atom. The summed E-state index contributed by atoms with van der Waals surface area (Å²) in [6.45, 7) is 4.76. The monoisotopic (exact) mass is 604 g/mol. The lowest BCUT2D eigenvalue weighted by Crippen LogP contribution is -2.49. The number of allylic oxidation sites excluding steroid dienone is 4. The van der Waals surface area contributed by atoms with Gasteiger partial charge in [0.2, 0.25) is 0 Å². The van der Waals surface area contributed by atoms with Gasteiger partial charge in [-0.2, -0.15) is 8.78 Å². The largest absolute Gasteiger partial charge is 0.432 e. The smallest absolute Gasteiger partial charge is 0.410 e. The summed E-state index contributed by atoms with van der Waals surface area (Å²) in [6, 6.07) is 2.33. The standard InChI is InChI=1S/C32H36F8O2/c1-3-17(4-2)21-9-16-7-19(8-16)31(41-15-21)20-12-25(34)29(26(35)13-20)32(39,40)42-22-5-6-23(24(33)14-22)18-10-27(36)30(38)28(37)11-18/h5-6,10-12,14,16-17,19-21,26-27,29-31H,3-4,7-9,13,15H2,1-2H3/t16?,19?,20?,21?,26?,27-,29?,30?,31?/m0/s1. The zero-order valence-electron chi connectivity index (χ0n) is 23.5. The molecule has 0 amide bonds. The van der Waals surface area contributed by atoms with Crippen molar-refractivity contribution in [2.24, 2.45) is 35.5 Å². The van der Waals surface area contributed by atoms with Crippen LogP contribution in [0.15, 0.2) is 48.1 Å². The SMILES string of the molecule is CCC(CC)C1COC(C2C=C(F)C(C(F)(F)Oc3ccc(C4=C[C@H](F)C(F)C(F)=C4)c(F)c3)C(F)C2)C2CC(C1)C2. The van der Waals surface area contributed by atoms with Crippen molar-refractivity contribution in [3.05, 3.63) is 59.5 Å². The highest BCUT2D eigenvalue weighted by Crippen LogP contribution is 2.50. The van der Waals surface area contributed by atoms with Gasteiger partial charge in [0.15, 0.2) is 12.3 Å². The summed E-state index contributed by atoms with van der Waals surface area (Å²) >= 11 is 0. The van der Waals surface area contributed by atoms with Gasteiger partial charge in [0.05, 0.1) is 12.7 Å². The normalized spacial score (nSPS) is 35.4. The van der Waals surface area contributed by atoms with Crippen molar-refractivity contribution in [2.75, 3.05) is 6.61 Å². The maximum Gasteiger partial charge on any atom is 0.410 e. The molecule has 7 atom stereocenters. The van der Waals surface area contributed by atoms with Gasteiger partial charge in [-0.3, -0.25) is 0 Å². The summed E-state index contributed by atoms with van der Waals surface area (Å²) in [5.74, 6) is -6.42. The second-order valence-corrected chi connectivity index (χ2v) is 12.2. The number of rotatable bonds is 8. The fraction of sp³-hybridized carbons (Fsp3) is 0.625. The van der Waals surface area contributed by atoms with Crippen molar-refractivity contribution in [3.8, 4) is 5.75 Å². The molecule has 5 aliphatic rings. The molecule has 6 rings (SSSR count). The van der Waals surface area contributed by atoms with Crippen LogP contribution in [-0.4, -0.2) is 37.3 Å². The van der Waals surface area contributed by atoms with Crippen molar-refractivity contribution in [1.29, 1.82) is 0 Å². The third-order valence-corrected chi connectivity index (χ3v) is 9.59. The summed E-state index contributed by atoms with van der Waals surface area (Å²) in [5.41, 5.74) is -0.699. The van der Waals surface area contributed by atoms with Crippen molar-refractivity contribution in [2.45, 2.75) is 83.1 Å². The summed E-state index contributed by atoms with van der Waals surface area (Å²) < 4.78 is 127. The molecule has 2 heterocycles. The summed E-state index contributed by atoms with van der Waals surface area (Å²) in [6.07, 6.45) is -5.11. The number of hydrogen-bond donors (Lipinski definition) is 0. The van der Waals surface area contributed by atoms with E-state index in [4.69, 9.17) is 4.74 Å². The Bertz CT molecular complexity index is 1220. The molecule has 2 saturated heterocycles. The van der Waals surface area contributed by atoms with Crippen LogP contribution in [0.4, 0.5) is 35.1 Å². The molecule has 3 fully saturated rings. The van der Waals surface area contributed by atoms with E-state index in [1.165, 1.54) is 0 Å². The maximum absolute atomic E-state index is 15.3. The van der Waals surface area contributed by atoms with E-state index < -0.39 is 65.8 Å². The van der Waals surface area contributed by atoms with E-state index in [1.54, 1.807) is 0 Å². The van der Waals surface area contributed by atoms with E-state index in [0.717, 1.165) is 50.3 Å². The average molecular weight is 605 g/mol. The van der Waals surface area contributed by atoms with Crippen LogP contribution in [0.5, 0.6) is 5.75 Å². The van der Waals surface area contributed by atoms with Gasteiger partial charge in [0.25, 0.3) is 0 Å². The van der Waals surface area contributed by atoms with Gasteiger partial charge in [-0.25, -0.2) is 26.3 Å². The molecule has 6 unspecified atom stereocenters. The lowest BCUT2D eigenvalue weighted by molar-refractivity contribution is -0.227. The lowest BCUT2D eigenvalue weighted by atomic mass is 9.63. The van der Waals surface area contributed by atoms with Crippen LogP contribution in [0.2, 0.25) is 0 Å². The molecule has 0 radical (unpaired) electrons. The van der Waals surface area contributed by atoms with E-state index in [9.17, 15) is 17.6 Å². The fourth-order valence-corrected chi connectivity index (χ4v) is 7.28. The van der Waals surface area contributed by atoms with Gasteiger partial charge in [-0.05, 0) is 85.3 Å². The Morgan fingerprint density at radius 3 is 2.29 bits per heavy atom. The van der Waals surface area contributed by atoms with E-state index in [0.29, 0.717) is 42.6 Å². The Kier molecular flexibility index (Phi) is 9.12. The van der Waals surface area contributed by atoms with Crippen LogP contribution >= 0.6 is 0 Å². The van der Waals surface area contributed by atoms with Gasteiger partial charge in [0, 0.05) is 17.5 Å². The van der Waals surface area contributed by atoms with Crippen molar-refractivity contribution in [3.63, 3.8) is 0 Å². The zero-order chi connectivity index (χ0) is 30.3. The molecule has 2 bridgehead atoms. The van der Waals surface area contributed by atoms with Crippen LogP contribution in [-0.2, 0) is 4.74 Å². The van der Waals surface area contributed by atoms with E-state index >= 15 is 17.6 Å². The van der Waals surface area contributed by atoms with Crippen molar-refractivity contribution in [1.82, 2.24) is 0 Å². The van der Waals surface area contributed by atoms with E-state index in [1.807, 2.05) is 0 Å². The van der Waals surface area contributed by atoms with Crippen LogP contribution in [0.25, 0.3) is 5.57 Å². The first-order chi connectivity index (χ1) is 19.9. The molecular weight excluding hydrogens is 568 g/mol. The molecule has 232 valence electrons. The number of benzene rings is 1. The number of alkyl halides is 5. The summed E-state index contributed by atoms with van der Waals surface area (Å²) in [4.78, 5) is 0. The zero-order valence-corrected chi connectivity index (χ0v) is 23.5. The third-order valence-electron chi connectivity index (χ3n) is 9.59. The Hall–Kier alpha value is -2.36. The van der Waals surface area contributed by atoms with Crippen LogP contribution in [0.3, 0.4) is 0 Å². The number of hydrogen-bond acceptors (Lipinski definition) is 2. The van der Waals surface area contributed by atoms with Crippen molar-refractivity contribution < 1.29 is 44.6 Å². The van der Waals surface area contributed by atoms with Crippen LogP contribution in [0, 0.1) is 41.3 Å². The highest BCUT2D eigenvalue weighted by Gasteiger charge is 2.54. The van der Waals surface area contributed by atoms with Crippen LogP contribution < -0.4 is 4.74 Å². The third kappa shape index (κ3) is 6.15. The molecule has 1 aromatic carbocycles. The molecule has 1 aromatic rings. The van der Waals surface area contributed by atoms with E-state index in [2.05, 4.69) is 18.6 Å². The number of fused-ring (bicyclic) bond motifs is 4. The number of ether oxygens (including phenoxy) is 2. The molecule has 10 heteroatoms.